The van der Waals surface area contributed by atoms with Crippen molar-refractivity contribution in [1.29, 1.82) is 0 Å². The van der Waals surface area contributed by atoms with Gasteiger partial charge in [-0.1, -0.05) is 24.3 Å². The Morgan fingerprint density at radius 2 is 1.62 bits per heavy atom. The van der Waals surface area contributed by atoms with E-state index in [-0.39, 0.29) is 5.91 Å². The second kappa shape index (κ2) is 10.2. The number of para-hydroxylation sites is 1. The molecule has 0 bridgehead atoms. The summed E-state index contributed by atoms with van der Waals surface area (Å²) in [7, 11) is 4.74. The van der Waals surface area contributed by atoms with Crippen LogP contribution >= 0.6 is 0 Å². The number of ether oxygens (including phenoxy) is 3. The van der Waals surface area contributed by atoms with Gasteiger partial charge in [0.15, 0.2) is 17.3 Å². The highest BCUT2D eigenvalue weighted by Crippen LogP contribution is 2.39. The van der Waals surface area contributed by atoms with E-state index >= 15 is 0 Å². The maximum Gasteiger partial charge on any atom is 0.257 e. The second-order valence-corrected chi connectivity index (χ2v) is 7.62. The Hall–Kier alpha value is -4.20. The average molecular weight is 461 g/mol. The quantitative estimate of drug-likeness (QED) is 0.409. The SMILES string of the molecule is COc1ccc(CCNC(=O)c2c(C)nn(-c3ccccc3)c2-n2cccc2)c(OC)c1OC. The molecule has 8 heteroatoms. The lowest BCUT2D eigenvalue weighted by Crippen LogP contribution is -2.27. The Labute approximate surface area is 198 Å². The number of aromatic nitrogens is 3. The number of nitrogens with one attached hydrogen (secondary N) is 1. The summed E-state index contributed by atoms with van der Waals surface area (Å²) in [6.07, 6.45) is 4.36. The van der Waals surface area contributed by atoms with Gasteiger partial charge in [-0.25, -0.2) is 4.68 Å². The van der Waals surface area contributed by atoms with Gasteiger partial charge in [0.25, 0.3) is 5.91 Å². The molecular weight excluding hydrogens is 432 g/mol. The van der Waals surface area contributed by atoms with Crippen LogP contribution in [0.1, 0.15) is 21.6 Å². The maximum atomic E-state index is 13.3. The van der Waals surface area contributed by atoms with Gasteiger partial charge in [-0.2, -0.15) is 5.10 Å². The maximum absolute atomic E-state index is 13.3. The van der Waals surface area contributed by atoms with Crippen molar-refractivity contribution in [2.24, 2.45) is 0 Å². The fourth-order valence-electron chi connectivity index (χ4n) is 4.00. The fourth-order valence-corrected chi connectivity index (χ4v) is 4.00. The molecule has 34 heavy (non-hydrogen) atoms. The van der Waals surface area contributed by atoms with Crippen LogP contribution < -0.4 is 19.5 Å². The first kappa shape index (κ1) is 23.0. The number of rotatable bonds is 9. The minimum atomic E-state index is -0.192. The molecule has 0 aliphatic carbocycles. The van der Waals surface area contributed by atoms with E-state index in [1.807, 2.05) is 78.5 Å². The molecule has 2 aromatic carbocycles. The van der Waals surface area contributed by atoms with Crippen molar-refractivity contribution in [1.82, 2.24) is 19.7 Å². The predicted molar refractivity (Wildman–Crippen MR) is 130 cm³/mol. The molecule has 0 saturated heterocycles. The van der Waals surface area contributed by atoms with Gasteiger partial charge in [0.05, 0.1) is 32.7 Å². The van der Waals surface area contributed by atoms with Gasteiger partial charge in [-0.15, -0.1) is 0 Å². The number of carbonyl (C=O) groups is 1. The molecule has 0 saturated carbocycles. The summed E-state index contributed by atoms with van der Waals surface area (Å²) in [5.41, 5.74) is 2.96. The van der Waals surface area contributed by atoms with E-state index in [1.165, 1.54) is 0 Å². The molecule has 8 nitrogen and oxygen atoms in total. The third-order valence-electron chi connectivity index (χ3n) is 5.58. The molecule has 0 radical (unpaired) electrons. The van der Waals surface area contributed by atoms with Crippen LogP contribution in [0.15, 0.2) is 67.0 Å². The fraction of sp³-hybridized carbons (Fsp3) is 0.231. The Bertz CT molecular complexity index is 1260. The molecule has 176 valence electrons. The lowest BCUT2D eigenvalue weighted by molar-refractivity contribution is 0.0953. The molecule has 0 aliphatic heterocycles. The van der Waals surface area contributed by atoms with E-state index in [0.29, 0.717) is 47.3 Å². The molecular formula is C26H28N4O4. The van der Waals surface area contributed by atoms with Crippen LogP contribution in [0.5, 0.6) is 17.2 Å². The van der Waals surface area contributed by atoms with Crippen LogP contribution in [0.3, 0.4) is 0 Å². The highest BCUT2D eigenvalue weighted by molar-refractivity contribution is 5.98. The first-order valence-corrected chi connectivity index (χ1v) is 10.9. The topological polar surface area (TPSA) is 79.5 Å². The van der Waals surface area contributed by atoms with Crippen LogP contribution in [0.2, 0.25) is 0 Å². The summed E-state index contributed by atoms with van der Waals surface area (Å²) in [5.74, 6) is 2.21. The van der Waals surface area contributed by atoms with Gasteiger partial charge in [0, 0.05) is 24.5 Å². The number of benzene rings is 2. The van der Waals surface area contributed by atoms with Gasteiger partial charge in [-0.3, -0.25) is 4.79 Å². The van der Waals surface area contributed by atoms with Crippen molar-refractivity contribution < 1.29 is 19.0 Å². The predicted octanol–water partition coefficient (Wildman–Crippen LogP) is 3.97. The molecule has 4 aromatic rings. The minimum absolute atomic E-state index is 0.192. The summed E-state index contributed by atoms with van der Waals surface area (Å²) >= 11 is 0. The molecule has 0 spiro atoms. The average Bonchev–Trinajstić information content (AvgIpc) is 3.51. The smallest absolute Gasteiger partial charge is 0.257 e. The standard InChI is InChI=1S/C26H28N4O4/c1-18-22(26(29-16-8-9-17-29)30(28-18)20-10-6-5-7-11-20)25(31)27-15-14-19-12-13-21(32-2)24(34-4)23(19)33-3/h5-13,16-17H,14-15H2,1-4H3,(H,27,31). The van der Waals surface area contributed by atoms with Crippen molar-refractivity contribution in [2.75, 3.05) is 27.9 Å². The van der Waals surface area contributed by atoms with E-state index in [4.69, 9.17) is 14.2 Å². The molecule has 2 heterocycles. The lowest BCUT2D eigenvalue weighted by Gasteiger charge is -2.16. The number of amides is 1. The third kappa shape index (κ3) is 4.34. The summed E-state index contributed by atoms with van der Waals surface area (Å²) in [4.78, 5) is 13.3. The van der Waals surface area contributed by atoms with Crippen LogP contribution in [-0.2, 0) is 6.42 Å². The van der Waals surface area contributed by atoms with E-state index < -0.39 is 0 Å². The minimum Gasteiger partial charge on any atom is -0.493 e. The van der Waals surface area contributed by atoms with E-state index in [0.717, 1.165) is 11.3 Å². The van der Waals surface area contributed by atoms with Gasteiger partial charge < -0.3 is 24.1 Å². The van der Waals surface area contributed by atoms with Gasteiger partial charge in [0.2, 0.25) is 5.75 Å². The monoisotopic (exact) mass is 460 g/mol. The van der Waals surface area contributed by atoms with E-state index in [2.05, 4.69) is 10.4 Å². The van der Waals surface area contributed by atoms with Gasteiger partial charge in [0.1, 0.15) is 5.56 Å². The summed E-state index contributed by atoms with van der Waals surface area (Å²) in [6.45, 7) is 2.25. The molecule has 0 fully saturated rings. The summed E-state index contributed by atoms with van der Waals surface area (Å²) in [6, 6.07) is 17.3. The number of hydrogen-bond donors (Lipinski definition) is 1. The zero-order valence-corrected chi connectivity index (χ0v) is 19.7. The Kier molecular flexibility index (Phi) is 6.87. The van der Waals surface area contributed by atoms with Crippen molar-refractivity contribution in [3.63, 3.8) is 0 Å². The zero-order chi connectivity index (χ0) is 24.1. The second-order valence-electron chi connectivity index (χ2n) is 7.62. The Morgan fingerprint density at radius 1 is 0.912 bits per heavy atom. The number of aryl methyl sites for hydroxylation is 1. The van der Waals surface area contributed by atoms with Crippen LogP contribution in [0.4, 0.5) is 0 Å². The molecule has 2 aromatic heterocycles. The number of hydrogen-bond acceptors (Lipinski definition) is 5. The normalized spacial score (nSPS) is 10.7. The zero-order valence-electron chi connectivity index (χ0n) is 19.7. The van der Waals surface area contributed by atoms with Crippen molar-refractivity contribution in [3.8, 4) is 28.8 Å². The van der Waals surface area contributed by atoms with Crippen molar-refractivity contribution >= 4 is 5.91 Å². The highest BCUT2D eigenvalue weighted by atomic mass is 16.5. The van der Waals surface area contributed by atoms with Crippen LogP contribution in [0, 0.1) is 6.92 Å². The van der Waals surface area contributed by atoms with Gasteiger partial charge in [-0.05, 0) is 43.7 Å². The molecule has 0 unspecified atom stereocenters. The van der Waals surface area contributed by atoms with Crippen molar-refractivity contribution in [3.05, 3.63) is 83.8 Å². The first-order valence-electron chi connectivity index (χ1n) is 10.9. The molecule has 1 amide bonds. The first-order chi connectivity index (χ1) is 16.6. The Balaban J connectivity index is 1.60. The largest absolute Gasteiger partial charge is 0.493 e. The number of methoxy groups -OCH3 is 3. The van der Waals surface area contributed by atoms with E-state index in [1.54, 1.807) is 26.0 Å². The molecule has 4 rings (SSSR count). The number of carbonyl (C=O) groups excluding carboxylic acids is 1. The molecule has 0 atom stereocenters. The summed E-state index contributed by atoms with van der Waals surface area (Å²) < 4.78 is 20.1. The highest BCUT2D eigenvalue weighted by Gasteiger charge is 2.24. The van der Waals surface area contributed by atoms with Gasteiger partial charge >= 0.3 is 0 Å². The molecule has 1 N–H and O–H groups in total. The summed E-state index contributed by atoms with van der Waals surface area (Å²) in [5, 5.41) is 7.72. The third-order valence-corrected chi connectivity index (χ3v) is 5.58. The lowest BCUT2D eigenvalue weighted by atomic mass is 10.1. The molecule has 0 aliphatic rings. The van der Waals surface area contributed by atoms with Crippen LogP contribution in [-0.4, -0.2) is 48.1 Å². The van der Waals surface area contributed by atoms with Crippen molar-refractivity contribution in [2.45, 2.75) is 13.3 Å². The van der Waals surface area contributed by atoms with Crippen LogP contribution in [0.25, 0.3) is 11.5 Å². The Morgan fingerprint density at radius 3 is 2.26 bits per heavy atom. The number of nitrogens with zero attached hydrogens (tertiary/aromatic N) is 3. The van der Waals surface area contributed by atoms with E-state index in [9.17, 15) is 4.79 Å².